The highest BCUT2D eigenvalue weighted by atomic mass is 32.1. The average molecular weight is 421 g/mol. The molecular weight excluding hydrogens is 396 g/mol. The van der Waals surface area contributed by atoms with E-state index in [1.54, 1.807) is 42.7 Å². The maximum absolute atomic E-state index is 13.1. The van der Waals surface area contributed by atoms with Crippen LogP contribution in [0.25, 0.3) is 0 Å². The maximum atomic E-state index is 13.1. The van der Waals surface area contributed by atoms with Crippen LogP contribution in [0.5, 0.6) is 11.5 Å². The molecule has 0 aliphatic heterocycles. The molecule has 1 atom stereocenters. The minimum absolute atomic E-state index is 0.0165. The quantitative estimate of drug-likeness (QED) is 0.505. The number of carbonyl (C=O) groups is 1. The molecule has 6 heteroatoms. The van der Waals surface area contributed by atoms with Crippen LogP contribution in [0, 0.1) is 11.3 Å². The highest BCUT2D eigenvalue weighted by Crippen LogP contribution is 2.19. The van der Waals surface area contributed by atoms with Gasteiger partial charge in [0.25, 0.3) is 5.91 Å². The second-order valence-electron chi connectivity index (χ2n) is 6.93. The number of carbonyl (C=O) groups excluding carboxylic acids is 1. The number of nitrogens with zero attached hydrogens (tertiary/aromatic N) is 2. The standard InChI is InChI=1S/C24H24N2O3S/c1-18(14-23-4-3-13-30-23)26(16-20-7-9-21(28-2)10-8-20)24(27)17-29-22-11-5-19(15-25)6-12-22/h3-13,18H,14,16-17H2,1-2H3/t18-/m0/s1. The van der Waals surface area contributed by atoms with Gasteiger partial charge in [-0.25, -0.2) is 0 Å². The topological polar surface area (TPSA) is 62.6 Å². The van der Waals surface area contributed by atoms with Crippen molar-refractivity contribution >= 4 is 17.2 Å². The Morgan fingerprint density at radius 2 is 1.80 bits per heavy atom. The monoisotopic (exact) mass is 420 g/mol. The summed E-state index contributed by atoms with van der Waals surface area (Å²) in [6.45, 7) is 2.49. The lowest BCUT2D eigenvalue weighted by atomic mass is 10.1. The fourth-order valence-electron chi connectivity index (χ4n) is 3.10. The molecule has 3 rings (SSSR count). The van der Waals surface area contributed by atoms with Crippen molar-refractivity contribution in [2.75, 3.05) is 13.7 Å². The number of thiophene rings is 1. The van der Waals surface area contributed by atoms with Gasteiger partial charge in [-0.15, -0.1) is 11.3 Å². The lowest BCUT2D eigenvalue weighted by Gasteiger charge is -2.29. The number of benzene rings is 2. The van der Waals surface area contributed by atoms with Gasteiger partial charge in [-0.05, 0) is 60.3 Å². The van der Waals surface area contributed by atoms with Crippen LogP contribution in [-0.4, -0.2) is 30.6 Å². The number of methoxy groups -OCH3 is 1. The van der Waals surface area contributed by atoms with E-state index in [9.17, 15) is 4.79 Å². The first-order valence-corrected chi connectivity index (χ1v) is 10.5. The maximum Gasteiger partial charge on any atom is 0.261 e. The zero-order valence-corrected chi connectivity index (χ0v) is 17.9. The van der Waals surface area contributed by atoms with Gasteiger partial charge in [0.1, 0.15) is 11.5 Å². The number of amides is 1. The second kappa shape index (κ2) is 10.5. The number of hydrogen-bond acceptors (Lipinski definition) is 5. The Morgan fingerprint density at radius 1 is 1.10 bits per heavy atom. The third-order valence-corrected chi connectivity index (χ3v) is 5.69. The van der Waals surface area contributed by atoms with Gasteiger partial charge in [0.15, 0.2) is 6.61 Å². The summed E-state index contributed by atoms with van der Waals surface area (Å²) in [5, 5.41) is 10.9. The molecule has 5 nitrogen and oxygen atoms in total. The zero-order valence-electron chi connectivity index (χ0n) is 17.1. The minimum Gasteiger partial charge on any atom is -0.497 e. The van der Waals surface area contributed by atoms with Gasteiger partial charge in [-0.3, -0.25) is 4.79 Å². The molecule has 1 heterocycles. The van der Waals surface area contributed by atoms with Gasteiger partial charge < -0.3 is 14.4 Å². The van der Waals surface area contributed by atoms with Crippen LogP contribution in [0.4, 0.5) is 0 Å². The van der Waals surface area contributed by atoms with E-state index in [1.807, 2.05) is 40.6 Å². The summed E-state index contributed by atoms with van der Waals surface area (Å²) in [4.78, 5) is 16.2. The van der Waals surface area contributed by atoms with Crippen LogP contribution >= 0.6 is 11.3 Å². The molecule has 3 aromatic rings. The molecule has 1 amide bonds. The summed E-state index contributed by atoms with van der Waals surface area (Å²) < 4.78 is 10.9. The minimum atomic E-state index is -0.0840. The van der Waals surface area contributed by atoms with E-state index >= 15 is 0 Å². The molecule has 0 fully saturated rings. The molecule has 2 aromatic carbocycles. The molecule has 0 unspecified atom stereocenters. The number of nitriles is 1. The predicted molar refractivity (Wildman–Crippen MR) is 118 cm³/mol. The van der Waals surface area contributed by atoms with Crippen LogP contribution in [0.2, 0.25) is 0 Å². The smallest absolute Gasteiger partial charge is 0.261 e. The normalized spacial score (nSPS) is 11.4. The van der Waals surface area contributed by atoms with E-state index in [2.05, 4.69) is 19.1 Å². The Kier molecular flexibility index (Phi) is 7.47. The van der Waals surface area contributed by atoms with Crippen molar-refractivity contribution in [3.05, 3.63) is 82.0 Å². The first-order chi connectivity index (χ1) is 14.6. The van der Waals surface area contributed by atoms with Crippen molar-refractivity contribution in [1.29, 1.82) is 5.26 Å². The van der Waals surface area contributed by atoms with Crippen molar-refractivity contribution in [3.63, 3.8) is 0 Å². The van der Waals surface area contributed by atoms with E-state index in [1.165, 1.54) is 4.88 Å². The van der Waals surface area contributed by atoms with Crippen LogP contribution in [0.1, 0.15) is 22.9 Å². The Hall–Kier alpha value is -3.30. The van der Waals surface area contributed by atoms with E-state index in [0.29, 0.717) is 17.9 Å². The predicted octanol–water partition coefficient (Wildman–Crippen LogP) is 4.67. The van der Waals surface area contributed by atoms with Crippen LogP contribution in [0.15, 0.2) is 66.0 Å². The van der Waals surface area contributed by atoms with Crippen LogP contribution < -0.4 is 9.47 Å². The van der Waals surface area contributed by atoms with Gasteiger partial charge in [-0.2, -0.15) is 5.26 Å². The third kappa shape index (κ3) is 5.85. The third-order valence-electron chi connectivity index (χ3n) is 4.79. The lowest BCUT2D eigenvalue weighted by Crippen LogP contribution is -2.41. The second-order valence-corrected chi connectivity index (χ2v) is 7.96. The fraction of sp³-hybridized carbons (Fsp3) is 0.250. The van der Waals surface area contributed by atoms with Gasteiger partial charge in [-0.1, -0.05) is 18.2 Å². The van der Waals surface area contributed by atoms with Gasteiger partial charge in [0, 0.05) is 23.9 Å². The van der Waals surface area contributed by atoms with E-state index in [0.717, 1.165) is 17.7 Å². The van der Waals surface area contributed by atoms with Gasteiger partial charge >= 0.3 is 0 Å². The SMILES string of the molecule is COc1ccc(CN(C(=O)COc2ccc(C#N)cc2)[C@@H](C)Cc2cccs2)cc1. The summed E-state index contributed by atoms with van der Waals surface area (Å²) >= 11 is 1.69. The Bertz CT molecular complexity index is 977. The number of ether oxygens (including phenoxy) is 2. The lowest BCUT2D eigenvalue weighted by molar-refractivity contribution is -0.136. The fourth-order valence-corrected chi connectivity index (χ4v) is 3.93. The highest BCUT2D eigenvalue weighted by Gasteiger charge is 2.22. The number of hydrogen-bond donors (Lipinski definition) is 0. The van der Waals surface area contributed by atoms with Gasteiger partial charge in [0.2, 0.25) is 0 Å². The summed E-state index contributed by atoms with van der Waals surface area (Å²) in [5.41, 5.74) is 1.58. The highest BCUT2D eigenvalue weighted by molar-refractivity contribution is 7.09. The summed E-state index contributed by atoms with van der Waals surface area (Å²) in [5.74, 6) is 1.27. The summed E-state index contributed by atoms with van der Waals surface area (Å²) in [6, 6.07) is 20.7. The summed E-state index contributed by atoms with van der Waals surface area (Å²) in [6.07, 6.45) is 0.788. The van der Waals surface area contributed by atoms with Gasteiger partial charge in [0.05, 0.1) is 18.7 Å². The molecule has 154 valence electrons. The molecule has 0 aliphatic rings. The van der Waals surface area contributed by atoms with Crippen molar-refractivity contribution < 1.29 is 14.3 Å². The molecule has 30 heavy (non-hydrogen) atoms. The molecule has 0 spiro atoms. The molecule has 0 saturated carbocycles. The molecular formula is C24H24N2O3S. The van der Waals surface area contributed by atoms with Crippen molar-refractivity contribution in [3.8, 4) is 17.6 Å². The largest absolute Gasteiger partial charge is 0.497 e. The first kappa shape index (κ1) is 21.4. The van der Waals surface area contributed by atoms with Crippen molar-refractivity contribution in [2.45, 2.75) is 25.9 Å². The molecule has 0 bridgehead atoms. The summed E-state index contributed by atoms with van der Waals surface area (Å²) in [7, 11) is 1.63. The van der Waals surface area contributed by atoms with E-state index in [4.69, 9.17) is 14.7 Å². The van der Waals surface area contributed by atoms with Crippen molar-refractivity contribution in [2.24, 2.45) is 0 Å². The van der Waals surface area contributed by atoms with Crippen molar-refractivity contribution in [1.82, 2.24) is 4.90 Å². The zero-order chi connectivity index (χ0) is 21.3. The number of rotatable bonds is 9. The Morgan fingerprint density at radius 3 is 2.40 bits per heavy atom. The molecule has 0 radical (unpaired) electrons. The van der Waals surface area contributed by atoms with Crippen LogP contribution in [-0.2, 0) is 17.8 Å². The Balaban J connectivity index is 1.70. The first-order valence-electron chi connectivity index (χ1n) is 9.67. The molecule has 0 N–H and O–H groups in total. The van der Waals surface area contributed by atoms with Crippen LogP contribution in [0.3, 0.4) is 0 Å². The van der Waals surface area contributed by atoms with E-state index < -0.39 is 0 Å². The molecule has 0 saturated heterocycles. The average Bonchev–Trinajstić information content (AvgIpc) is 3.29. The molecule has 1 aromatic heterocycles. The Labute approximate surface area is 181 Å². The van der Waals surface area contributed by atoms with E-state index in [-0.39, 0.29) is 18.6 Å². The molecule has 0 aliphatic carbocycles.